The average molecular weight is 569 g/mol. The van der Waals surface area contributed by atoms with Crippen LogP contribution in [-0.4, -0.2) is 88.1 Å². The molecule has 2 aliphatic rings. The van der Waals surface area contributed by atoms with E-state index in [1.54, 1.807) is 34.3 Å². The number of cyclic esters (lactones) is 1. The number of esters is 1. The number of aromatic nitrogens is 2. The van der Waals surface area contributed by atoms with Crippen molar-refractivity contribution >= 4 is 18.1 Å². The molecule has 0 unspecified atom stereocenters. The predicted molar refractivity (Wildman–Crippen MR) is 154 cm³/mol. The molecule has 0 aliphatic carbocycles. The topological polar surface area (TPSA) is 97.1 Å². The number of amides is 1. The van der Waals surface area contributed by atoms with Gasteiger partial charge in [0.05, 0.1) is 18.9 Å². The van der Waals surface area contributed by atoms with Gasteiger partial charge in [0.15, 0.2) is 0 Å². The summed E-state index contributed by atoms with van der Waals surface area (Å²) >= 11 is 0. The van der Waals surface area contributed by atoms with Crippen molar-refractivity contribution < 1.29 is 28.6 Å². The van der Waals surface area contributed by atoms with Crippen LogP contribution in [0.25, 0.3) is 11.8 Å². The molecule has 10 heteroatoms. The number of benzene rings is 1. The Hall–Kier alpha value is -3.50. The first-order chi connectivity index (χ1) is 19.6. The van der Waals surface area contributed by atoms with Gasteiger partial charge in [-0.05, 0) is 68.1 Å². The van der Waals surface area contributed by atoms with Crippen LogP contribution in [0.4, 0.5) is 9.18 Å². The van der Waals surface area contributed by atoms with E-state index in [1.807, 2.05) is 46.0 Å². The second-order valence-electron chi connectivity index (χ2n) is 11.3. The van der Waals surface area contributed by atoms with E-state index in [1.165, 1.54) is 12.1 Å². The summed E-state index contributed by atoms with van der Waals surface area (Å²) in [6.07, 6.45) is 8.94. The first kappa shape index (κ1) is 30.5. The molecule has 5 atom stereocenters. The molecule has 1 amide bonds. The van der Waals surface area contributed by atoms with Crippen LogP contribution in [0.15, 0.2) is 54.6 Å². The van der Waals surface area contributed by atoms with Crippen LogP contribution < -0.4 is 0 Å². The molecule has 1 N–H and O–H groups in total. The van der Waals surface area contributed by atoms with Gasteiger partial charge < -0.3 is 28.9 Å². The first-order valence-corrected chi connectivity index (χ1v) is 14.3. The monoisotopic (exact) mass is 568 g/mol. The summed E-state index contributed by atoms with van der Waals surface area (Å²) in [4.78, 5) is 33.7. The maximum Gasteiger partial charge on any atom is 0.410 e. The second-order valence-corrected chi connectivity index (χ2v) is 11.3. The Morgan fingerprint density at radius 1 is 1.15 bits per heavy atom. The summed E-state index contributed by atoms with van der Waals surface area (Å²) in [5, 5.41) is 10.6. The van der Waals surface area contributed by atoms with Crippen molar-refractivity contribution in [2.75, 3.05) is 33.2 Å². The van der Waals surface area contributed by atoms with E-state index >= 15 is 0 Å². The average Bonchev–Trinajstić information content (AvgIpc) is 3.47. The number of hydrogen-bond donors (Lipinski definition) is 1. The van der Waals surface area contributed by atoms with Crippen LogP contribution in [-0.2, 0) is 14.3 Å². The molecule has 0 saturated carbocycles. The van der Waals surface area contributed by atoms with Gasteiger partial charge in [0.2, 0.25) is 0 Å². The lowest BCUT2D eigenvalue weighted by Gasteiger charge is -2.33. The minimum Gasteiger partial charge on any atom is -0.457 e. The number of carbonyl (C=O) groups excluding carboxylic acids is 2. The SMILES string of the molecule is C/C(=C\c1cc(F)cc(-n2ccnc2)c1)[C@H]1OC(=O)C[C@H](O)CC[C@H](C)[C@H](OC(=O)N2CCN(C)CC2)/C=C/[C@@H]1C. The highest BCUT2D eigenvalue weighted by Crippen LogP contribution is 2.26. The van der Waals surface area contributed by atoms with Gasteiger partial charge in [-0.25, -0.2) is 14.2 Å². The number of likely N-dealkylation sites (N-methyl/N-ethyl adjacent to an activating group) is 1. The highest BCUT2D eigenvalue weighted by molar-refractivity contribution is 5.71. The highest BCUT2D eigenvalue weighted by atomic mass is 19.1. The third-order valence-corrected chi connectivity index (χ3v) is 7.81. The van der Waals surface area contributed by atoms with E-state index in [0.717, 1.165) is 13.1 Å². The molecule has 1 aromatic heterocycles. The number of nitrogens with zero attached hydrogens (tertiary/aromatic N) is 4. The van der Waals surface area contributed by atoms with E-state index < -0.39 is 30.1 Å². The van der Waals surface area contributed by atoms with Crippen molar-refractivity contribution in [2.24, 2.45) is 11.8 Å². The molecule has 4 rings (SSSR count). The smallest absolute Gasteiger partial charge is 0.410 e. The predicted octanol–water partition coefficient (Wildman–Crippen LogP) is 4.45. The summed E-state index contributed by atoms with van der Waals surface area (Å²) in [6.45, 7) is 8.54. The molecule has 9 nitrogen and oxygen atoms in total. The van der Waals surface area contributed by atoms with Crippen LogP contribution in [0.2, 0.25) is 0 Å². The number of ether oxygens (including phenoxy) is 2. The van der Waals surface area contributed by atoms with Crippen LogP contribution in [0, 0.1) is 17.7 Å². The first-order valence-electron chi connectivity index (χ1n) is 14.3. The molecule has 1 saturated heterocycles. The van der Waals surface area contributed by atoms with E-state index in [4.69, 9.17) is 9.47 Å². The van der Waals surface area contributed by atoms with Gasteiger partial charge in [-0.1, -0.05) is 26.0 Å². The molecule has 41 heavy (non-hydrogen) atoms. The third-order valence-electron chi connectivity index (χ3n) is 7.81. The van der Waals surface area contributed by atoms with Crippen LogP contribution >= 0.6 is 0 Å². The zero-order chi connectivity index (χ0) is 29.5. The molecule has 2 aromatic rings. The number of aliphatic hydroxyl groups is 1. The molecular weight excluding hydrogens is 527 g/mol. The summed E-state index contributed by atoms with van der Waals surface area (Å²) in [6, 6.07) is 4.66. The molecule has 1 aromatic carbocycles. The molecule has 1 fully saturated rings. The largest absolute Gasteiger partial charge is 0.457 e. The number of piperazine rings is 1. The van der Waals surface area contributed by atoms with Gasteiger partial charge >= 0.3 is 12.1 Å². The molecule has 3 heterocycles. The quantitative estimate of drug-likeness (QED) is 0.430. The molecule has 222 valence electrons. The van der Waals surface area contributed by atoms with Crippen LogP contribution in [0.1, 0.15) is 45.6 Å². The number of rotatable bonds is 4. The van der Waals surface area contributed by atoms with E-state index in [2.05, 4.69) is 9.88 Å². The molecule has 0 spiro atoms. The highest BCUT2D eigenvalue weighted by Gasteiger charge is 2.29. The summed E-state index contributed by atoms with van der Waals surface area (Å²) in [7, 11) is 2.03. The second kappa shape index (κ2) is 13.9. The third kappa shape index (κ3) is 8.50. The Balaban J connectivity index is 1.58. The zero-order valence-corrected chi connectivity index (χ0v) is 24.3. The van der Waals surface area contributed by atoms with Crippen molar-refractivity contribution in [1.82, 2.24) is 19.4 Å². The minimum atomic E-state index is -0.872. The van der Waals surface area contributed by atoms with Crippen LogP contribution in [0.5, 0.6) is 0 Å². The lowest BCUT2D eigenvalue weighted by Crippen LogP contribution is -2.48. The zero-order valence-electron chi connectivity index (χ0n) is 24.3. The number of imidazole rings is 1. The van der Waals surface area contributed by atoms with Crippen molar-refractivity contribution in [3.63, 3.8) is 0 Å². The molecule has 0 radical (unpaired) electrons. The Labute approximate surface area is 241 Å². The Bertz CT molecular complexity index is 1240. The van der Waals surface area contributed by atoms with Gasteiger partial charge in [0, 0.05) is 50.2 Å². The van der Waals surface area contributed by atoms with Gasteiger partial charge in [0.1, 0.15) is 18.0 Å². The van der Waals surface area contributed by atoms with Gasteiger partial charge in [-0.2, -0.15) is 0 Å². The van der Waals surface area contributed by atoms with E-state index in [-0.39, 0.29) is 24.3 Å². The van der Waals surface area contributed by atoms with E-state index in [0.29, 0.717) is 42.8 Å². The Kier molecular flexibility index (Phi) is 10.3. The van der Waals surface area contributed by atoms with Crippen molar-refractivity contribution in [1.29, 1.82) is 0 Å². The summed E-state index contributed by atoms with van der Waals surface area (Å²) in [5.74, 6) is -1.25. The van der Waals surface area contributed by atoms with Crippen molar-refractivity contribution in [3.8, 4) is 5.69 Å². The fraction of sp³-hybridized carbons (Fsp3) is 0.516. The maximum atomic E-state index is 14.5. The molecule has 0 bridgehead atoms. The number of aliphatic hydroxyl groups excluding tert-OH is 1. The summed E-state index contributed by atoms with van der Waals surface area (Å²) < 4.78 is 28.1. The molecular formula is C31H41FN4O5. The number of hydrogen-bond acceptors (Lipinski definition) is 7. The van der Waals surface area contributed by atoms with Crippen LogP contribution in [0.3, 0.4) is 0 Å². The fourth-order valence-corrected chi connectivity index (χ4v) is 5.21. The normalized spacial score (nSPS) is 27.9. The summed E-state index contributed by atoms with van der Waals surface area (Å²) in [5.41, 5.74) is 1.94. The lowest BCUT2D eigenvalue weighted by molar-refractivity contribution is -0.151. The minimum absolute atomic E-state index is 0.0658. The Morgan fingerprint density at radius 3 is 2.61 bits per heavy atom. The van der Waals surface area contributed by atoms with Gasteiger partial charge in [-0.3, -0.25) is 4.79 Å². The van der Waals surface area contributed by atoms with Gasteiger partial charge in [0.25, 0.3) is 0 Å². The number of carbonyl (C=O) groups is 2. The number of halogens is 1. The maximum absolute atomic E-state index is 14.5. The molecule has 2 aliphatic heterocycles. The van der Waals surface area contributed by atoms with E-state index in [9.17, 15) is 19.1 Å². The van der Waals surface area contributed by atoms with Crippen molar-refractivity contribution in [3.05, 3.63) is 66.0 Å². The Morgan fingerprint density at radius 2 is 1.90 bits per heavy atom. The van der Waals surface area contributed by atoms with Crippen molar-refractivity contribution in [2.45, 2.75) is 58.3 Å². The standard InChI is InChI=1S/C31H41FN4O5/c1-21-5-7-27(37)19-29(38)41-30(22(2)6-8-28(21)40-31(39)35-13-11-34(4)12-14-35)23(3)15-24-16-25(32)18-26(17-24)36-10-9-33-20-36/h6,8-10,15-18,20-22,27-28,30,37H,5,7,11-14,19H2,1-4H3/b8-6+,23-15+/t21-,22-,27+,28+,30-/m0/s1. The lowest BCUT2D eigenvalue weighted by atomic mass is 9.91. The van der Waals surface area contributed by atoms with Gasteiger partial charge in [-0.15, -0.1) is 0 Å². The fourth-order valence-electron chi connectivity index (χ4n) is 5.21.